The zero-order valence-corrected chi connectivity index (χ0v) is 14.8. The minimum Gasteiger partial charge on any atom is -0.482 e. The number of ether oxygens (including phenoxy) is 2. The molecule has 136 valence electrons. The summed E-state index contributed by atoms with van der Waals surface area (Å²) in [6, 6.07) is 13.9. The van der Waals surface area contributed by atoms with Gasteiger partial charge in [-0.2, -0.15) is 0 Å². The number of esters is 1. The highest BCUT2D eigenvalue weighted by molar-refractivity contribution is 6.00. The molecule has 26 heavy (non-hydrogen) atoms. The van der Waals surface area contributed by atoms with E-state index in [1.165, 1.54) is 7.11 Å². The summed E-state index contributed by atoms with van der Waals surface area (Å²) in [7, 11) is 1.29. The molecule has 2 aromatic carbocycles. The topological polar surface area (TPSA) is 81.7 Å². The fourth-order valence-electron chi connectivity index (χ4n) is 2.17. The van der Waals surface area contributed by atoms with E-state index in [0.29, 0.717) is 17.0 Å². The lowest BCUT2D eigenvalue weighted by molar-refractivity contribution is -0.142. The van der Waals surface area contributed by atoms with E-state index in [2.05, 4.69) is 10.1 Å². The zero-order valence-electron chi connectivity index (χ0n) is 14.8. The van der Waals surface area contributed by atoms with Crippen LogP contribution >= 0.6 is 0 Å². The van der Waals surface area contributed by atoms with Crippen molar-refractivity contribution in [1.82, 2.24) is 0 Å². The average molecular weight is 355 g/mol. The van der Waals surface area contributed by atoms with E-state index in [4.69, 9.17) is 4.74 Å². The molecule has 6 nitrogen and oxygen atoms in total. The summed E-state index contributed by atoms with van der Waals surface area (Å²) in [5.74, 6) is -0.288. The molecule has 2 rings (SSSR count). The van der Waals surface area contributed by atoms with Gasteiger partial charge in [-0.1, -0.05) is 29.8 Å². The molecule has 0 saturated heterocycles. The van der Waals surface area contributed by atoms with Gasteiger partial charge in [0.05, 0.1) is 7.11 Å². The van der Waals surface area contributed by atoms with Gasteiger partial charge >= 0.3 is 5.97 Å². The molecule has 0 aliphatic rings. The summed E-state index contributed by atoms with van der Waals surface area (Å²) in [4.78, 5) is 35.1. The van der Waals surface area contributed by atoms with E-state index in [1.54, 1.807) is 36.4 Å². The first-order valence-corrected chi connectivity index (χ1v) is 8.17. The average Bonchev–Trinajstić information content (AvgIpc) is 2.65. The molecule has 0 radical (unpaired) electrons. The second-order valence-electron chi connectivity index (χ2n) is 5.73. The third-order valence-corrected chi connectivity index (χ3v) is 3.68. The summed E-state index contributed by atoms with van der Waals surface area (Å²) < 4.78 is 9.71. The second-order valence-corrected chi connectivity index (χ2v) is 5.73. The Morgan fingerprint density at radius 2 is 1.58 bits per heavy atom. The van der Waals surface area contributed by atoms with Gasteiger partial charge in [0.25, 0.3) is 0 Å². The highest BCUT2D eigenvalue weighted by Gasteiger charge is 2.10. The molecule has 0 aromatic heterocycles. The van der Waals surface area contributed by atoms with Crippen LogP contribution in [0.2, 0.25) is 0 Å². The van der Waals surface area contributed by atoms with Crippen molar-refractivity contribution in [2.45, 2.75) is 19.8 Å². The first-order valence-electron chi connectivity index (χ1n) is 8.17. The number of ketones is 1. The number of carbonyl (C=O) groups excluding carboxylic acids is 3. The highest BCUT2D eigenvalue weighted by atomic mass is 16.6. The smallest absolute Gasteiger partial charge is 0.343 e. The number of hydrogen-bond donors (Lipinski definition) is 1. The van der Waals surface area contributed by atoms with Crippen molar-refractivity contribution in [2.75, 3.05) is 19.0 Å². The Bertz CT molecular complexity index is 766. The van der Waals surface area contributed by atoms with Gasteiger partial charge in [0.1, 0.15) is 5.75 Å². The minimum atomic E-state index is -0.472. The van der Waals surface area contributed by atoms with Gasteiger partial charge in [-0.05, 0) is 31.2 Å². The Kier molecular flexibility index (Phi) is 6.91. The summed E-state index contributed by atoms with van der Waals surface area (Å²) in [6.45, 7) is 1.77. The first kappa shape index (κ1) is 19.2. The number of Topliss-reactive ketones (excluding diaryl/α,β-unsaturated/α-hetero) is 1. The van der Waals surface area contributed by atoms with Gasteiger partial charge < -0.3 is 14.8 Å². The fourth-order valence-corrected chi connectivity index (χ4v) is 2.17. The van der Waals surface area contributed by atoms with Crippen LogP contribution in [0.1, 0.15) is 28.8 Å². The quantitative estimate of drug-likeness (QED) is 0.581. The monoisotopic (exact) mass is 355 g/mol. The number of aryl methyl sites for hydroxylation is 1. The molecule has 6 heteroatoms. The Morgan fingerprint density at radius 3 is 2.19 bits per heavy atom. The molecule has 0 bridgehead atoms. The summed E-state index contributed by atoms with van der Waals surface area (Å²) >= 11 is 0. The number of benzene rings is 2. The van der Waals surface area contributed by atoms with Crippen molar-refractivity contribution < 1.29 is 23.9 Å². The van der Waals surface area contributed by atoms with Crippen LogP contribution in [0.4, 0.5) is 5.69 Å². The van der Waals surface area contributed by atoms with E-state index >= 15 is 0 Å². The van der Waals surface area contributed by atoms with Crippen molar-refractivity contribution in [2.24, 2.45) is 0 Å². The van der Waals surface area contributed by atoms with Crippen molar-refractivity contribution in [3.8, 4) is 5.75 Å². The molecular formula is C20H21NO5. The highest BCUT2D eigenvalue weighted by Crippen LogP contribution is 2.16. The van der Waals surface area contributed by atoms with Gasteiger partial charge in [-0.25, -0.2) is 4.79 Å². The Labute approximate surface area is 152 Å². The van der Waals surface area contributed by atoms with Gasteiger partial charge in [-0.3, -0.25) is 9.59 Å². The van der Waals surface area contributed by atoms with Gasteiger partial charge in [0.2, 0.25) is 5.91 Å². The normalized spacial score (nSPS) is 10.1. The molecule has 2 aromatic rings. The molecule has 0 saturated carbocycles. The zero-order chi connectivity index (χ0) is 18.9. The molecule has 0 fully saturated rings. The third kappa shape index (κ3) is 6.05. The van der Waals surface area contributed by atoms with Crippen LogP contribution in [0.15, 0.2) is 48.5 Å². The largest absolute Gasteiger partial charge is 0.482 e. The molecule has 0 aliphatic carbocycles. The third-order valence-electron chi connectivity index (χ3n) is 3.68. The maximum absolute atomic E-state index is 12.1. The van der Waals surface area contributed by atoms with Crippen molar-refractivity contribution in [3.05, 3.63) is 59.7 Å². The van der Waals surface area contributed by atoms with Crippen LogP contribution in [0.25, 0.3) is 0 Å². The maximum atomic E-state index is 12.1. The van der Waals surface area contributed by atoms with Crippen LogP contribution in [0.3, 0.4) is 0 Å². The van der Waals surface area contributed by atoms with Crippen molar-refractivity contribution in [1.29, 1.82) is 0 Å². The van der Waals surface area contributed by atoms with Crippen LogP contribution in [0, 0.1) is 6.92 Å². The Morgan fingerprint density at radius 1 is 0.923 bits per heavy atom. The lowest BCUT2D eigenvalue weighted by Gasteiger charge is -2.08. The van der Waals surface area contributed by atoms with Gasteiger partial charge in [0, 0.05) is 24.1 Å². The van der Waals surface area contributed by atoms with E-state index in [1.807, 2.05) is 19.1 Å². The van der Waals surface area contributed by atoms with E-state index in [-0.39, 0.29) is 31.1 Å². The predicted octanol–water partition coefficient (Wildman–Crippen LogP) is 3.15. The van der Waals surface area contributed by atoms with Gasteiger partial charge in [-0.15, -0.1) is 0 Å². The number of rotatable bonds is 8. The predicted molar refractivity (Wildman–Crippen MR) is 97.3 cm³/mol. The van der Waals surface area contributed by atoms with Crippen LogP contribution in [-0.4, -0.2) is 31.4 Å². The first-order chi connectivity index (χ1) is 12.5. The Hall–Kier alpha value is -3.15. The van der Waals surface area contributed by atoms with E-state index < -0.39 is 5.97 Å². The van der Waals surface area contributed by atoms with E-state index in [9.17, 15) is 14.4 Å². The molecule has 0 atom stereocenters. The molecule has 1 N–H and O–H groups in total. The van der Waals surface area contributed by atoms with Crippen molar-refractivity contribution >= 4 is 23.3 Å². The number of methoxy groups -OCH3 is 1. The molecule has 0 unspecified atom stereocenters. The molecular weight excluding hydrogens is 334 g/mol. The molecule has 1 amide bonds. The number of anilines is 1. The van der Waals surface area contributed by atoms with Crippen molar-refractivity contribution in [3.63, 3.8) is 0 Å². The standard InChI is InChI=1S/C20H21NO5/c1-14-3-5-15(6-4-14)18(22)11-12-19(23)21-16-7-9-17(10-8-16)26-13-20(24)25-2/h3-10H,11-13H2,1-2H3,(H,21,23). The fraction of sp³-hybridized carbons (Fsp3) is 0.250. The van der Waals surface area contributed by atoms with Crippen LogP contribution in [0.5, 0.6) is 5.75 Å². The summed E-state index contributed by atoms with van der Waals surface area (Å²) in [5.41, 5.74) is 2.28. The van der Waals surface area contributed by atoms with Crippen LogP contribution < -0.4 is 10.1 Å². The van der Waals surface area contributed by atoms with Gasteiger partial charge in [0.15, 0.2) is 12.4 Å². The molecule has 0 spiro atoms. The number of amides is 1. The number of hydrogen-bond acceptors (Lipinski definition) is 5. The van der Waals surface area contributed by atoms with E-state index in [0.717, 1.165) is 5.56 Å². The number of carbonyl (C=O) groups is 3. The van der Waals surface area contributed by atoms with Crippen LogP contribution in [-0.2, 0) is 14.3 Å². The number of nitrogens with one attached hydrogen (secondary N) is 1. The summed E-state index contributed by atoms with van der Waals surface area (Å²) in [6.07, 6.45) is 0.253. The lowest BCUT2D eigenvalue weighted by Crippen LogP contribution is -2.14. The second kappa shape index (κ2) is 9.36. The summed E-state index contributed by atoms with van der Waals surface area (Å²) in [5, 5.41) is 2.72. The molecule has 0 aliphatic heterocycles. The maximum Gasteiger partial charge on any atom is 0.343 e. The molecule has 0 heterocycles. The minimum absolute atomic E-state index is 0.0632. The lowest BCUT2D eigenvalue weighted by atomic mass is 10.0. The Balaban J connectivity index is 1.79. The SMILES string of the molecule is COC(=O)COc1ccc(NC(=O)CCC(=O)c2ccc(C)cc2)cc1.